The molecule has 0 bridgehead atoms. The van der Waals surface area contributed by atoms with Crippen molar-refractivity contribution in [1.82, 2.24) is 0 Å². The van der Waals surface area contributed by atoms with E-state index in [1.165, 1.54) is 7.11 Å². The molecule has 0 saturated heterocycles. The van der Waals surface area contributed by atoms with Gasteiger partial charge in [-0.2, -0.15) is 0 Å². The molecule has 5 nitrogen and oxygen atoms in total. The highest BCUT2D eigenvalue weighted by molar-refractivity contribution is 6.19. The van der Waals surface area contributed by atoms with E-state index in [4.69, 9.17) is 15.2 Å². The number of nitrogens with two attached hydrogens (primary N) is 1. The van der Waals surface area contributed by atoms with Crippen LogP contribution < -0.4 is 5.73 Å². The summed E-state index contributed by atoms with van der Waals surface area (Å²) in [5, 5.41) is 0. The van der Waals surface area contributed by atoms with E-state index in [1.54, 1.807) is 25.1 Å². The molecule has 2 N–H and O–H groups in total. The number of ether oxygens (including phenoxy) is 2. The molecule has 0 aromatic heterocycles. The van der Waals surface area contributed by atoms with Crippen molar-refractivity contribution in [2.75, 3.05) is 13.7 Å². The largest absolute Gasteiger partial charge is 0.465 e. The summed E-state index contributed by atoms with van der Waals surface area (Å²) >= 11 is 0. The molecule has 0 saturated carbocycles. The van der Waals surface area contributed by atoms with Crippen molar-refractivity contribution in [1.29, 1.82) is 0 Å². The van der Waals surface area contributed by atoms with E-state index in [0.29, 0.717) is 35.4 Å². The molecule has 1 aromatic carbocycles. The molecule has 1 aliphatic rings. The first-order chi connectivity index (χ1) is 9.08. The summed E-state index contributed by atoms with van der Waals surface area (Å²) in [5.41, 5.74) is 8.61. The highest BCUT2D eigenvalue weighted by atomic mass is 16.5. The number of methoxy groups -OCH3 is 1. The minimum Gasteiger partial charge on any atom is -0.465 e. The van der Waals surface area contributed by atoms with E-state index in [1.807, 2.05) is 0 Å². The molecule has 0 spiro atoms. The summed E-state index contributed by atoms with van der Waals surface area (Å²) < 4.78 is 9.65. The van der Waals surface area contributed by atoms with Gasteiger partial charge in [0.25, 0.3) is 0 Å². The highest BCUT2D eigenvalue weighted by Gasteiger charge is 2.27. The zero-order valence-corrected chi connectivity index (χ0v) is 10.9. The number of hydrogen-bond acceptors (Lipinski definition) is 5. The van der Waals surface area contributed by atoms with Crippen molar-refractivity contribution in [3.05, 3.63) is 40.6 Å². The molecule has 0 amide bonds. The van der Waals surface area contributed by atoms with Crippen molar-refractivity contribution in [2.45, 2.75) is 13.3 Å². The molecule has 0 fully saturated rings. The standard InChI is InChI=1S/C14H15NO4/c1-3-19-13(16)9-5-4-8-7-11(15)12(10(8)6-9)14(17)18-2/h4-6H,3,7,15H2,1-2H3. The van der Waals surface area contributed by atoms with E-state index in [2.05, 4.69) is 0 Å². The number of rotatable bonds is 3. The fourth-order valence-electron chi connectivity index (χ4n) is 2.11. The van der Waals surface area contributed by atoms with Crippen LogP contribution in [0.15, 0.2) is 23.9 Å². The van der Waals surface area contributed by atoms with Crippen LogP contribution in [0.4, 0.5) is 0 Å². The average Bonchev–Trinajstić information content (AvgIpc) is 2.73. The molecule has 1 aromatic rings. The summed E-state index contributed by atoms with van der Waals surface area (Å²) in [5.74, 6) is -0.905. The number of esters is 2. The van der Waals surface area contributed by atoms with E-state index in [9.17, 15) is 9.59 Å². The Bertz CT molecular complexity index is 575. The van der Waals surface area contributed by atoms with Crippen LogP contribution in [-0.2, 0) is 20.7 Å². The molecule has 5 heteroatoms. The Morgan fingerprint density at radius 1 is 1.32 bits per heavy atom. The predicted octanol–water partition coefficient (Wildman–Crippen LogP) is 1.26. The molecule has 19 heavy (non-hydrogen) atoms. The first-order valence-electron chi connectivity index (χ1n) is 5.95. The van der Waals surface area contributed by atoms with Crippen LogP contribution in [0, 0.1) is 0 Å². The number of benzene rings is 1. The van der Waals surface area contributed by atoms with Gasteiger partial charge in [-0.05, 0) is 30.2 Å². The lowest BCUT2D eigenvalue weighted by Gasteiger charge is -2.07. The maximum Gasteiger partial charge on any atom is 0.340 e. The van der Waals surface area contributed by atoms with Crippen LogP contribution in [0.2, 0.25) is 0 Å². The molecule has 1 aliphatic carbocycles. The Morgan fingerprint density at radius 2 is 2.05 bits per heavy atom. The Hall–Kier alpha value is -2.30. The van der Waals surface area contributed by atoms with Gasteiger partial charge in [-0.25, -0.2) is 9.59 Å². The topological polar surface area (TPSA) is 78.6 Å². The van der Waals surface area contributed by atoms with Crippen LogP contribution in [0.1, 0.15) is 28.4 Å². The molecule has 0 aliphatic heterocycles. The third-order valence-electron chi connectivity index (χ3n) is 2.98. The number of fused-ring (bicyclic) bond motifs is 1. The van der Waals surface area contributed by atoms with E-state index in [-0.39, 0.29) is 0 Å². The summed E-state index contributed by atoms with van der Waals surface area (Å²) in [4.78, 5) is 23.4. The van der Waals surface area contributed by atoms with Crippen molar-refractivity contribution in [2.24, 2.45) is 5.73 Å². The summed E-state index contributed by atoms with van der Waals surface area (Å²) in [7, 11) is 1.30. The summed E-state index contributed by atoms with van der Waals surface area (Å²) in [6.07, 6.45) is 0.489. The van der Waals surface area contributed by atoms with E-state index < -0.39 is 11.9 Å². The molecule has 0 heterocycles. The van der Waals surface area contributed by atoms with Crippen LogP contribution in [0.25, 0.3) is 5.57 Å². The molecule has 0 radical (unpaired) electrons. The van der Waals surface area contributed by atoms with Crippen LogP contribution in [0.5, 0.6) is 0 Å². The lowest BCUT2D eigenvalue weighted by atomic mass is 10.0. The zero-order chi connectivity index (χ0) is 14.0. The smallest absolute Gasteiger partial charge is 0.340 e. The minimum atomic E-state index is -0.489. The number of carbonyl (C=O) groups excluding carboxylic acids is 2. The first kappa shape index (κ1) is 13.1. The predicted molar refractivity (Wildman–Crippen MR) is 69.2 cm³/mol. The Kier molecular flexibility index (Phi) is 3.55. The average molecular weight is 261 g/mol. The van der Waals surface area contributed by atoms with Gasteiger partial charge in [0, 0.05) is 12.1 Å². The van der Waals surface area contributed by atoms with Gasteiger partial charge in [-0.15, -0.1) is 0 Å². The van der Waals surface area contributed by atoms with E-state index in [0.717, 1.165) is 5.56 Å². The van der Waals surface area contributed by atoms with Gasteiger partial charge in [0.15, 0.2) is 0 Å². The quantitative estimate of drug-likeness (QED) is 0.829. The van der Waals surface area contributed by atoms with Crippen LogP contribution >= 0.6 is 0 Å². The normalized spacial score (nSPS) is 13.2. The second-order valence-corrected chi connectivity index (χ2v) is 4.16. The maximum absolute atomic E-state index is 11.7. The molecule has 2 rings (SSSR count). The van der Waals surface area contributed by atoms with Gasteiger partial charge >= 0.3 is 11.9 Å². The van der Waals surface area contributed by atoms with Gasteiger partial charge in [0.2, 0.25) is 0 Å². The van der Waals surface area contributed by atoms with Crippen LogP contribution in [0.3, 0.4) is 0 Å². The van der Waals surface area contributed by atoms with Gasteiger partial charge < -0.3 is 15.2 Å². The molecule has 0 atom stereocenters. The third-order valence-corrected chi connectivity index (χ3v) is 2.98. The third kappa shape index (κ3) is 2.31. The number of allylic oxidation sites excluding steroid dienone is 1. The van der Waals surface area contributed by atoms with Crippen molar-refractivity contribution < 1.29 is 19.1 Å². The van der Waals surface area contributed by atoms with Crippen molar-refractivity contribution in [3.63, 3.8) is 0 Å². The number of hydrogen-bond donors (Lipinski definition) is 1. The van der Waals surface area contributed by atoms with Gasteiger partial charge in [-0.1, -0.05) is 6.07 Å². The Labute approximate surface area is 111 Å². The van der Waals surface area contributed by atoms with Crippen molar-refractivity contribution >= 4 is 17.5 Å². The SMILES string of the molecule is CCOC(=O)c1ccc2c(c1)C(C(=O)OC)=C(N)C2. The molecule has 100 valence electrons. The fraction of sp³-hybridized carbons (Fsp3) is 0.286. The Balaban J connectivity index is 2.43. The first-order valence-corrected chi connectivity index (χ1v) is 5.95. The fourth-order valence-corrected chi connectivity index (χ4v) is 2.11. The highest BCUT2D eigenvalue weighted by Crippen LogP contribution is 2.32. The summed E-state index contributed by atoms with van der Waals surface area (Å²) in [6.45, 7) is 2.04. The van der Waals surface area contributed by atoms with Gasteiger partial charge in [0.1, 0.15) is 0 Å². The van der Waals surface area contributed by atoms with Crippen LogP contribution in [-0.4, -0.2) is 25.7 Å². The summed E-state index contributed by atoms with van der Waals surface area (Å²) in [6, 6.07) is 5.08. The second kappa shape index (κ2) is 5.14. The molecule has 0 unspecified atom stereocenters. The maximum atomic E-state index is 11.7. The molecular formula is C14H15NO4. The van der Waals surface area contributed by atoms with Crippen molar-refractivity contribution in [3.8, 4) is 0 Å². The number of carbonyl (C=O) groups is 2. The second-order valence-electron chi connectivity index (χ2n) is 4.16. The molecular weight excluding hydrogens is 246 g/mol. The van der Waals surface area contributed by atoms with E-state index >= 15 is 0 Å². The minimum absolute atomic E-state index is 0.303. The zero-order valence-electron chi connectivity index (χ0n) is 10.9. The Morgan fingerprint density at radius 3 is 2.68 bits per heavy atom. The lowest BCUT2D eigenvalue weighted by Crippen LogP contribution is -2.09. The van der Waals surface area contributed by atoms with Gasteiger partial charge in [0.05, 0.1) is 24.9 Å². The van der Waals surface area contributed by atoms with Gasteiger partial charge in [-0.3, -0.25) is 0 Å². The lowest BCUT2D eigenvalue weighted by molar-refractivity contribution is -0.133. The monoisotopic (exact) mass is 261 g/mol.